The Bertz CT molecular complexity index is 1220. The van der Waals surface area contributed by atoms with Crippen LogP contribution >= 0.6 is 0 Å². The number of ether oxygens (including phenoxy) is 1. The molecule has 15 heteroatoms. The lowest BCUT2D eigenvalue weighted by atomic mass is 9.85. The number of carbonyl (C=O) groups is 1. The number of hydrogen-bond acceptors (Lipinski definition) is 8. The van der Waals surface area contributed by atoms with Crippen molar-refractivity contribution < 1.29 is 39.5 Å². The molecule has 3 rings (SSSR count). The zero-order valence-corrected chi connectivity index (χ0v) is 23.3. The average Bonchev–Trinajstić information content (AvgIpc) is 2.80. The van der Waals surface area contributed by atoms with Gasteiger partial charge in [-0.1, -0.05) is 0 Å². The summed E-state index contributed by atoms with van der Waals surface area (Å²) in [5.74, 6) is 0.0914. The summed E-state index contributed by atoms with van der Waals surface area (Å²) in [4.78, 5) is 14.4. The van der Waals surface area contributed by atoms with Gasteiger partial charge in [-0.25, -0.2) is 26.8 Å². The molecule has 0 aromatic heterocycles. The smallest absolute Gasteiger partial charge is 0.444 e. The van der Waals surface area contributed by atoms with Gasteiger partial charge in [0.15, 0.2) is 0 Å². The first-order chi connectivity index (χ1) is 17.4. The molecule has 1 saturated carbocycles. The number of anilines is 1. The maximum Gasteiger partial charge on any atom is 0.501 e. The van der Waals surface area contributed by atoms with Crippen molar-refractivity contribution in [3.63, 3.8) is 0 Å². The van der Waals surface area contributed by atoms with Crippen molar-refractivity contribution in [3.8, 4) is 0 Å². The molecule has 216 valence electrons. The third-order valence-electron chi connectivity index (χ3n) is 6.76. The number of piperazine rings is 1. The van der Waals surface area contributed by atoms with Crippen LogP contribution in [-0.2, 0) is 24.6 Å². The van der Waals surface area contributed by atoms with Crippen LogP contribution in [0, 0.1) is 5.92 Å². The molecule has 1 amide bonds. The fourth-order valence-corrected chi connectivity index (χ4v) is 6.31. The highest BCUT2D eigenvalue weighted by Gasteiger charge is 2.48. The van der Waals surface area contributed by atoms with E-state index in [0.717, 1.165) is 50.9 Å². The van der Waals surface area contributed by atoms with Crippen molar-refractivity contribution in [2.75, 3.05) is 38.0 Å². The number of alkyl halides is 3. The van der Waals surface area contributed by atoms with E-state index in [1.165, 1.54) is 0 Å². The number of sulfonamides is 1. The van der Waals surface area contributed by atoms with Gasteiger partial charge in [0, 0.05) is 38.8 Å². The molecule has 1 aromatic rings. The second-order valence-corrected chi connectivity index (χ2v) is 14.2. The number of nitrogens with zero attached hydrogens (tertiary/aromatic N) is 2. The number of sulfone groups is 1. The highest BCUT2D eigenvalue weighted by molar-refractivity contribution is 7.92. The van der Waals surface area contributed by atoms with E-state index in [4.69, 9.17) is 9.88 Å². The first-order valence-corrected chi connectivity index (χ1v) is 15.4. The van der Waals surface area contributed by atoms with E-state index in [-0.39, 0.29) is 24.2 Å². The van der Waals surface area contributed by atoms with Crippen LogP contribution in [0.1, 0.15) is 46.5 Å². The van der Waals surface area contributed by atoms with Crippen LogP contribution in [-0.4, -0.2) is 82.6 Å². The van der Waals surface area contributed by atoms with Gasteiger partial charge in [0.1, 0.15) is 10.5 Å². The van der Waals surface area contributed by atoms with Crippen molar-refractivity contribution in [3.05, 3.63) is 18.2 Å². The van der Waals surface area contributed by atoms with Crippen molar-refractivity contribution in [2.45, 2.75) is 73.4 Å². The quantitative estimate of drug-likeness (QED) is 0.520. The highest BCUT2D eigenvalue weighted by atomic mass is 32.2. The number of nitrogens with two attached hydrogens (primary N) is 1. The topological polar surface area (TPSA) is 139 Å². The molecule has 1 aromatic carbocycles. The van der Waals surface area contributed by atoms with E-state index < -0.39 is 40.8 Å². The number of benzene rings is 1. The molecule has 1 aliphatic heterocycles. The summed E-state index contributed by atoms with van der Waals surface area (Å²) >= 11 is 0. The fraction of sp³-hybridized carbons (Fsp3) is 0.696. The molecule has 0 bridgehead atoms. The first kappa shape index (κ1) is 30.4. The molecule has 10 nitrogen and oxygen atoms in total. The number of amides is 1. The molecule has 3 N–H and O–H groups in total. The van der Waals surface area contributed by atoms with Crippen LogP contribution in [0.5, 0.6) is 0 Å². The van der Waals surface area contributed by atoms with Gasteiger partial charge in [-0.2, -0.15) is 13.2 Å². The number of carbonyl (C=O) groups excluding carboxylic acids is 1. The van der Waals surface area contributed by atoms with Crippen LogP contribution in [0.3, 0.4) is 0 Å². The molecule has 2 aliphatic rings. The lowest BCUT2D eigenvalue weighted by molar-refractivity contribution is -0.0435. The van der Waals surface area contributed by atoms with E-state index in [1.807, 2.05) is 20.8 Å². The van der Waals surface area contributed by atoms with Gasteiger partial charge < -0.3 is 15.0 Å². The van der Waals surface area contributed by atoms with E-state index in [2.05, 4.69) is 10.2 Å². The van der Waals surface area contributed by atoms with Gasteiger partial charge in [-0.3, -0.25) is 4.90 Å². The Kier molecular flexibility index (Phi) is 8.95. The highest BCUT2D eigenvalue weighted by Crippen LogP contribution is 2.36. The molecule has 2 fully saturated rings. The summed E-state index contributed by atoms with van der Waals surface area (Å²) in [5, 5.41) is 7.77. The number of halogens is 3. The third-order valence-corrected chi connectivity index (χ3v) is 9.19. The normalized spacial score (nSPS) is 22.2. The zero-order valence-electron chi connectivity index (χ0n) is 21.6. The predicted octanol–water partition coefficient (Wildman–Crippen LogP) is 3.15. The van der Waals surface area contributed by atoms with Gasteiger partial charge in [0.25, 0.3) is 9.84 Å². The standard InChI is InChI=1S/C23H35F3N4O6S2/c1-22(2,3)36-21(31)30-12-10-29(11-13-30)17-6-4-16(5-7-17)15-28-19-9-8-18(38(27,34)35)14-20(19)37(32,33)23(24,25)26/h8-9,14,16-17,28H,4-7,10-13,15H2,1-3H3,(H2,27,34,35)/t16-,17-. The van der Waals surface area contributed by atoms with E-state index >= 15 is 0 Å². The molecule has 0 spiro atoms. The van der Waals surface area contributed by atoms with Crippen molar-refractivity contribution >= 4 is 31.6 Å². The van der Waals surface area contributed by atoms with Crippen LogP contribution < -0.4 is 10.5 Å². The van der Waals surface area contributed by atoms with Crippen LogP contribution in [0.2, 0.25) is 0 Å². The van der Waals surface area contributed by atoms with Crippen molar-refractivity contribution in [1.82, 2.24) is 9.80 Å². The third kappa shape index (κ3) is 7.51. The molecule has 1 saturated heterocycles. The predicted molar refractivity (Wildman–Crippen MR) is 135 cm³/mol. The lowest BCUT2D eigenvalue weighted by Crippen LogP contribution is -2.53. The van der Waals surface area contributed by atoms with Gasteiger partial charge >= 0.3 is 11.6 Å². The number of primary sulfonamides is 1. The summed E-state index contributed by atoms with van der Waals surface area (Å²) in [6, 6.07) is 2.73. The number of nitrogens with one attached hydrogen (secondary N) is 1. The molecule has 1 aliphatic carbocycles. The Balaban J connectivity index is 1.57. The lowest BCUT2D eigenvalue weighted by Gasteiger charge is -2.42. The van der Waals surface area contributed by atoms with E-state index in [1.54, 1.807) is 4.90 Å². The first-order valence-electron chi connectivity index (χ1n) is 12.3. The van der Waals surface area contributed by atoms with E-state index in [9.17, 15) is 34.8 Å². The minimum atomic E-state index is -5.81. The maximum absolute atomic E-state index is 13.3. The summed E-state index contributed by atoms with van der Waals surface area (Å²) in [6.45, 7) is 8.29. The number of hydrogen-bond donors (Lipinski definition) is 2. The summed E-state index contributed by atoms with van der Waals surface area (Å²) in [7, 11) is -10.2. The zero-order chi connectivity index (χ0) is 28.5. The fourth-order valence-electron chi connectivity index (χ4n) is 4.74. The second kappa shape index (κ2) is 11.2. The summed E-state index contributed by atoms with van der Waals surface area (Å²) in [6.07, 6.45) is 2.95. The van der Waals surface area contributed by atoms with Gasteiger partial charge in [-0.15, -0.1) is 0 Å². The molecule has 0 atom stereocenters. The molecule has 0 unspecified atom stereocenters. The largest absolute Gasteiger partial charge is 0.501 e. The summed E-state index contributed by atoms with van der Waals surface area (Å²) < 4.78 is 92.6. The van der Waals surface area contributed by atoms with Gasteiger partial charge in [-0.05, 0) is 70.6 Å². The van der Waals surface area contributed by atoms with Gasteiger partial charge in [0.2, 0.25) is 10.0 Å². The summed E-state index contributed by atoms with van der Waals surface area (Å²) in [5.41, 5.74) is -6.48. The molecule has 0 radical (unpaired) electrons. The van der Waals surface area contributed by atoms with Crippen molar-refractivity contribution in [1.29, 1.82) is 0 Å². The van der Waals surface area contributed by atoms with Crippen LogP contribution in [0.4, 0.5) is 23.7 Å². The minimum Gasteiger partial charge on any atom is -0.444 e. The van der Waals surface area contributed by atoms with E-state index in [0.29, 0.717) is 25.2 Å². The molecule has 38 heavy (non-hydrogen) atoms. The molecule has 1 heterocycles. The Hall–Kier alpha value is -2.10. The Morgan fingerprint density at radius 2 is 1.61 bits per heavy atom. The molecular weight excluding hydrogens is 549 g/mol. The van der Waals surface area contributed by atoms with Gasteiger partial charge in [0.05, 0.1) is 10.6 Å². The Labute approximate surface area is 221 Å². The monoisotopic (exact) mass is 584 g/mol. The Morgan fingerprint density at radius 1 is 1.03 bits per heavy atom. The van der Waals surface area contributed by atoms with Crippen molar-refractivity contribution in [2.24, 2.45) is 11.1 Å². The second-order valence-electron chi connectivity index (χ2n) is 10.7. The Morgan fingerprint density at radius 3 is 2.11 bits per heavy atom. The van der Waals surface area contributed by atoms with Crippen LogP contribution in [0.25, 0.3) is 0 Å². The number of rotatable bonds is 6. The minimum absolute atomic E-state index is 0.0914. The average molecular weight is 585 g/mol. The molecular formula is C23H35F3N4O6S2. The van der Waals surface area contributed by atoms with Crippen LogP contribution in [0.15, 0.2) is 28.0 Å². The SMILES string of the molecule is CC(C)(C)OC(=O)N1CCN([C@H]2CC[C@H](CNc3ccc(S(N)(=O)=O)cc3S(=O)(=O)C(F)(F)F)CC2)CC1. The maximum atomic E-state index is 13.3.